The predicted octanol–water partition coefficient (Wildman–Crippen LogP) is 1.28. The van der Waals surface area contributed by atoms with Crippen LogP contribution in [-0.2, 0) is 11.3 Å². The highest BCUT2D eigenvalue weighted by atomic mass is 16.2. The third-order valence-electron chi connectivity index (χ3n) is 2.62. The molecule has 1 aromatic heterocycles. The van der Waals surface area contributed by atoms with E-state index in [0.717, 1.165) is 5.56 Å². The first-order valence-corrected chi connectivity index (χ1v) is 5.67. The summed E-state index contributed by atoms with van der Waals surface area (Å²) in [6.45, 7) is 1.87. The molecule has 0 unspecified atom stereocenters. The standard InChI is InChI=1S/C13H13N5O/c1-9-3-2-4-12(11(9)5-14)17-13(19)8-18-7-10(15)6-16-18/h2-4,6-7H,8,15H2,1H3,(H,17,19). The van der Waals surface area contributed by atoms with Gasteiger partial charge in [-0.25, -0.2) is 0 Å². The smallest absolute Gasteiger partial charge is 0.246 e. The van der Waals surface area contributed by atoms with Gasteiger partial charge in [-0.05, 0) is 18.6 Å². The van der Waals surface area contributed by atoms with E-state index in [2.05, 4.69) is 16.5 Å². The Hall–Kier alpha value is -2.81. The second-order valence-electron chi connectivity index (χ2n) is 4.13. The van der Waals surface area contributed by atoms with Crippen molar-refractivity contribution in [1.82, 2.24) is 9.78 Å². The molecule has 1 heterocycles. The van der Waals surface area contributed by atoms with Crippen molar-refractivity contribution >= 4 is 17.3 Å². The Morgan fingerprint density at radius 2 is 2.37 bits per heavy atom. The average molecular weight is 255 g/mol. The number of aromatic nitrogens is 2. The van der Waals surface area contributed by atoms with Gasteiger partial charge in [0.15, 0.2) is 0 Å². The Morgan fingerprint density at radius 3 is 3.00 bits per heavy atom. The maximum absolute atomic E-state index is 11.8. The minimum Gasteiger partial charge on any atom is -0.396 e. The number of benzene rings is 1. The number of rotatable bonds is 3. The molecule has 96 valence electrons. The van der Waals surface area contributed by atoms with Gasteiger partial charge >= 0.3 is 0 Å². The Morgan fingerprint density at radius 1 is 1.58 bits per heavy atom. The van der Waals surface area contributed by atoms with Crippen LogP contribution in [0.4, 0.5) is 11.4 Å². The van der Waals surface area contributed by atoms with Gasteiger partial charge in [0.2, 0.25) is 5.91 Å². The van der Waals surface area contributed by atoms with E-state index in [4.69, 9.17) is 11.0 Å². The minimum atomic E-state index is -0.259. The van der Waals surface area contributed by atoms with Crippen molar-refractivity contribution in [2.24, 2.45) is 0 Å². The maximum atomic E-state index is 11.8. The first kappa shape index (κ1) is 12.6. The summed E-state index contributed by atoms with van der Waals surface area (Å²) in [5.41, 5.74) is 7.81. The third kappa shape index (κ3) is 2.90. The summed E-state index contributed by atoms with van der Waals surface area (Å²) in [5, 5.41) is 15.7. The topological polar surface area (TPSA) is 96.7 Å². The lowest BCUT2D eigenvalue weighted by Crippen LogP contribution is -2.19. The number of nitrogens with two attached hydrogens (primary N) is 1. The normalized spacial score (nSPS) is 9.89. The molecule has 0 saturated carbocycles. The molecule has 6 heteroatoms. The van der Waals surface area contributed by atoms with Gasteiger partial charge in [-0.1, -0.05) is 12.1 Å². The number of carbonyl (C=O) groups excluding carboxylic acids is 1. The first-order chi connectivity index (χ1) is 9.10. The Balaban J connectivity index is 2.11. The second-order valence-corrected chi connectivity index (χ2v) is 4.13. The number of hydrogen-bond donors (Lipinski definition) is 2. The van der Waals surface area contributed by atoms with Crippen molar-refractivity contribution in [3.63, 3.8) is 0 Å². The van der Waals surface area contributed by atoms with Gasteiger partial charge in [-0.15, -0.1) is 0 Å². The lowest BCUT2D eigenvalue weighted by molar-refractivity contribution is -0.116. The number of anilines is 2. The van der Waals surface area contributed by atoms with Crippen LogP contribution in [-0.4, -0.2) is 15.7 Å². The second kappa shape index (κ2) is 5.23. The van der Waals surface area contributed by atoms with E-state index >= 15 is 0 Å². The summed E-state index contributed by atoms with van der Waals surface area (Å²) in [5.74, 6) is -0.259. The van der Waals surface area contributed by atoms with Crippen LogP contribution in [0.15, 0.2) is 30.6 Å². The monoisotopic (exact) mass is 255 g/mol. The molecule has 0 radical (unpaired) electrons. The average Bonchev–Trinajstić information content (AvgIpc) is 2.75. The van der Waals surface area contributed by atoms with E-state index < -0.39 is 0 Å². The summed E-state index contributed by atoms with van der Waals surface area (Å²) >= 11 is 0. The molecule has 0 aliphatic carbocycles. The Bertz CT molecular complexity index is 653. The molecule has 19 heavy (non-hydrogen) atoms. The van der Waals surface area contributed by atoms with Crippen molar-refractivity contribution < 1.29 is 4.79 Å². The molecule has 2 rings (SSSR count). The van der Waals surface area contributed by atoms with Crippen LogP contribution >= 0.6 is 0 Å². The zero-order chi connectivity index (χ0) is 13.8. The number of carbonyl (C=O) groups is 1. The van der Waals surface area contributed by atoms with Crippen LogP contribution in [0.25, 0.3) is 0 Å². The lowest BCUT2D eigenvalue weighted by atomic mass is 10.1. The Labute approximate surface area is 110 Å². The van der Waals surface area contributed by atoms with E-state index in [1.54, 1.807) is 18.3 Å². The predicted molar refractivity (Wildman–Crippen MR) is 71.2 cm³/mol. The number of nitrogen functional groups attached to an aromatic ring is 1. The van der Waals surface area contributed by atoms with Crippen LogP contribution in [0.3, 0.4) is 0 Å². The number of hydrogen-bond acceptors (Lipinski definition) is 4. The van der Waals surface area contributed by atoms with Crippen LogP contribution in [0.2, 0.25) is 0 Å². The van der Waals surface area contributed by atoms with Crippen molar-refractivity contribution in [2.75, 3.05) is 11.1 Å². The molecule has 1 amide bonds. The van der Waals surface area contributed by atoms with Crippen LogP contribution < -0.4 is 11.1 Å². The van der Waals surface area contributed by atoms with Gasteiger partial charge in [0.1, 0.15) is 12.6 Å². The molecule has 0 saturated heterocycles. The van der Waals surface area contributed by atoms with E-state index in [1.165, 1.54) is 10.9 Å². The number of nitrogens with one attached hydrogen (secondary N) is 1. The van der Waals surface area contributed by atoms with Crippen LogP contribution in [0.5, 0.6) is 0 Å². The lowest BCUT2D eigenvalue weighted by Gasteiger charge is -2.08. The SMILES string of the molecule is Cc1cccc(NC(=O)Cn2cc(N)cn2)c1C#N. The zero-order valence-corrected chi connectivity index (χ0v) is 10.4. The number of aryl methyl sites for hydroxylation is 1. The molecule has 3 N–H and O–H groups in total. The fourth-order valence-corrected chi connectivity index (χ4v) is 1.72. The van der Waals surface area contributed by atoms with Gasteiger partial charge in [-0.2, -0.15) is 10.4 Å². The van der Waals surface area contributed by atoms with Crippen molar-refractivity contribution in [1.29, 1.82) is 5.26 Å². The third-order valence-corrected chi connectivity index (χ3v) is 2.62. The molecule has 0 bridgehead atoms. The summed E-state index contributed by atoms with van der Waals surface area (Å²) in [4.78, 5) is 11.8. The molecule has 0 fully saturated rings. The maximum Gasteiger partial charge on any atom is 0.246 e. The number of nitriles is 1. The minimum absolute atomic E-state index is 0.0516. The number of nitrogens with zero attached hydrogens (tertiary/aromatic N) is 3. The molecule has 2 aromatic rings. The van der Waals surface area contributed by atoms with E-state index in [0.29, 0.717) is 16.9 Å². The zero-order valence-electron chi connectivity index (χ0n) is 10.4. The molecule has 1 aromatic carbocycles. The van der Waals surface area contributed by atoms with Crippen molar-refractivity contribution in [3.8, 4) is 6.07 Å². The summed E-state index contributed by atoms with van der Waals surface area (Å²) in [6.07, 6.45) is 3.04. The van der Waals surface area contributed by atoms with E-state index in [9.17, 15) is 4.79 Å². The molecular formula is C13H13N5O. The van der Waals surface area contributed by atoms with Crippen molar-refractivity contribution in [2.45, 2.75) is 13.5 Å². The molecular weight excluding hydrogens is 242 g/mol. The molecule has 6 nitrogen and oxygen atoms in total. The number of amides is 1. The van der Waals surface area contributed by atoms with Crippen LogP contribution in [0.1, 0.15) is 11.1 Å². The van der Waals surface area contributed by atoms with Crippen molar-refractivity contribution in [3.05, 3.63) is 41.7 Å². The first-order valence-electron chi connectivity index (χ1n) is 5.67. The van der Waals surface area contributed by atoms with Gasteiger partial charge in [-0.3, -0.25) is 9.48 Å². The van der Waals surface area contributed by atoms with Gasteiger partial charge in [0.05, 0.1) is 23.1 Å². The highest BCUT2D eigenvalue weighted by molar-refractivity contribution is 5.92. The van der Waals surface area contributed by atoms with E-state index in [-0.39, 0.29) is 12.5 Å². The molecule has 0 aliphatic heterocycles. The fraction of sp³-hybridized carbons (Fsp3) is 0.154. The van der Waals surface area contributed by atoms with E-state index in [1.807, 2.05) is 13.0 Å². The van der Waals surface area contributed by atoms with Crippen LogP contribution in [0, 0.1) is 18.3 Å². The van der Waals surface area contributed by atoms with Gasteiger partial charge in [0.25, 0.3) is 0 Å². The summed E-state index contributed by atoms with van der Waals surface area (Å²) < 4.78 is 1.44. The fourth-order valence-electron chi connectivity index (χ4n) is 1.72. The highest BCUT2D eigenvalue weighted by Crippen LogP contribution is 2.18. The Kier molecular flexibility index (Phi) is 3.48. The molecule has 0 spiro atoms. The largest absolute Gasteiger partial charge is 0.396 e. The summed E-state index contributed by atoms with van der Waals surface area (Å²) in [6, 6.07) is 7.39. The summed E-state index contributed by atoms with van der Waals surface area (Å²) in [7, 11) is 0. The molecule has 0 atom stereocenters. The van der Waals surface area contributed by atoms with Gasteiger partial charge < -0.3 is 11.1 Å². The molecule has 0 aliphatic rings. The quantitative estimate of drug-likeness (QED) is 0.863. The highest BCUT2D eigenvalue weighted by Gasteiger charge is 2.09. The van der Waals surface area contributed by atoms with Gasteiger partial charge in [0, 0.05) is 6.20 Å².